The van der Waals surface area contributed by atoms with Crippen LogP contribution in [0, 0.1) is 12.8 Å². The summed E-state index contributed by atoms with van der Waals surface area (Å²) in [7, 11) is 0. The van der Waals surface area contributed by atoms with Gasteiger partial charge in [-0.3, -0.25) is 4.79 Å². The summed E-state index contributed by atoms with van der Waals surface area (Å²) < 4.78 is 2.11. The van der Waals surface area contributed by atoms with Crippen LogP contribution in [0.4, 0.5) is 0 Å². The second-order valence-corrected chi connectivity index (χ2v) is 6.20. The van der Waals surface area contributed by atoms with Crippen molar-refractivity contribution >= 4 is 5.91 Å². The molecule has 4 nitrogen and oxygen atoms in total. The van der Waals surface area contributed by atoms with E-state index in [1.54, 1.807) is 0 Å². The summed E-state index contributed by atoms with van der Waals surface area (Å²) in [5.41, 5.74) is 1.34. The number of aryl methyl sites for hydroxylation is 3. The Bertz CT molecular complexity index is 592. The molecule has 23 heavy (non-hydrogen) atoms. The molecule has 0 aliphatic carbocycles. The van der Waals surface area contributed by atoms with Gasteiger partial charge < -0.3 is 9.88 Å². The van der Waals surface area contributed by atoms with Gasteiger partial charge >= 0.3 is 0 Å². The van der Waals surface area contributed by atoms with Crippen LogP contribution >= 0.6 is 0 Å². The largest absolute Gasteiger partial charge is 0.356 e. The highest BCUT2D eigenvalue weighted by Gasteiger charge is 2.09. The molecule has 1 aromatic carbocycles. The summed E-state index contributed by atoms with van der Waals surface area (Å²) >= 11 is 0. The number of nitrogens with zero attached hydrogens (tertiary/aromatic N) is 2. The van der Waals surface area contributed by atoms with E-state index in [-0.39, 0.29) is 5.91 Å². The van der Waals surface area contributed by atoms with E-state index in [0.717, 1.165) is 38.2 Å². The molecule has 0 saturated carbocycles. The van der Waals surface area contributed by atoms with E-state index in [1.165, 1.54) is 5.56 Å². The Labute approximate surface area is 138 Å². The monoisotopic (exact) mass is 313 g/mol. The van der Waals surface area contributed by atoms with Crippen LogP contribution in [-0.2, 0) is 17.8 Å². The smallest absolute Gasteiger partial charge is 0.220 e. The van der Waals surface area contributed by atoms with Gasteiger partial charge in [0.2, 0.25) is 5.91 Å². The zero-order chi connectivity index (χ0) is 16.5. The van der Waals surface area contributed by atoms with E-state index in [4.69, 9.17) is 0 Å². The number of carbonyl (C=O) groups excluding carboxylic acids is 1. The van der Waals surface area contributed by atoms with Gasteiger partial charge in [-0.25, -0.2) is 4.98 Å². The first-order chi connectivity index (χ1) is 11.1. The maximum atomic E-state index is 12.0. The normalized spacial score (nSPS) is 12.1. The Morgan fingerprint density at radius 2 is 2.09 bits per heavy atom. The maximum Gasteiger partial charge on any atom is 0.220 e. The highest BCUT2D eigenvalue weighted by Crippen LogP contribution is 2.12. The number of carbonyl (C=O) groups is 1. The zero-order valence-electron chi connectivity index (χ0n) is 14.2. The molecule has 2 aromatic rings. The molecule has 0 radical (unpaired) electrons. The molecule has 1 aromatic heterocycles. The van der Waals surface area contributed by atoms with Gasteiger partial charge in [-0.15, -0.1) is 0 Å². The fourth-order valence-electron chi connectivity index (χ4n) is 2.67. The summed E-state index contributed by atoms with van der Waals surface area (Å²) in [6.45, 7) is 5.77. The second-order valence-electron chi connectivity index (χ2n) is 6.20. The molecule has 4 heteroatoms. The number of amides is 1. The molecule has 0 spiro atoms. The first kappa shape index (κ1) is 17.3. The molecule has 0 aliphatic rings. The van der Waals surface area contributed by atoms with Crippen molar-refractivity contribution in [1.82, 2.24) is 14.9 Å². The zero-order valence-corrected chi connectivity index (χ0v) is 14.2. The van der Waals surface area contributed by atoms with Crippen molar-refractivity contribution in [2.45, 2.75) is 46.1 Å². The lowest BCUT2D eigenvalue weighted by Crippen LogP contribution is -2.26. The van der Waals surface area contributed by atoms with E-state index >= 15 is 0 Å². The number of imidazole rings is 1. The minimum absolute atomic E-state index is 0.160. The van der Waals surface area contributed by atoms with Crippen molar-refractivity contribution in [1.29, 1.82) is 0 Å². The summed E-state index contributed by atoms with van der Waals surface area (Å²) in [4.78, 5) is 16.2. The fourth-order valence-corrected chi connectivity index (χ4v) is 2.67. The van der Waals surface area contributed by atoms with Crippen LogP contribution < -0.4 is 5.32 Å². The van der Waals surface area contributed by atoms with Gasteiger partial charge in [-0.05, 0) is 37.7 Å². The third kappa shape index (κ3) is 6.27. The van der Waals surface area contributed by atoms with Gasteiger partial charge in [0.05, 0.1) is 0 Å². The van der Waals surface area contributed by atoms with Crippen molar-refractivity contribution in [2.24, 2.45) is 5.92 Å². The highest BCUT2D eigenvalue weighted by molar-refractivity contribution is 5.76. The molecule has 124 valence electrons. The lowest BCUT2D eigenvalue weighted by Gasteiger charge is -2.12. The van der Waals surface area contributed by atoms with Gasteiger partial charge in [0, 0.05) is 31.9 Å². The van der Waals surface area contributed by atoms with Gasteiger partial charge in [-0.2, -0.15) is 0 Å². The van der Waals surface area contributed by atoms with Crippen molar-refractivity contribution in [3.63, 3.8) is 0 Å². The number of benzene rings is 1. The predicted octanol–water partition coefficient (Wildman–Crippen LogP) is 3.36. The Morgan fingerprint density at radius 1 is 1.30 bits per heavy atom. The van der Waals surface area contributed by atoms with Crippen LogP contribution in [0.3, 0.4) is 0 Å². The van der Waals surface area contributed by atoms with Crippen LogP contribution in [0.25, 0.3) is 0 Å². The lowest BCUT2D eigenvalue weighted by atomic mass is 9.98. The number of hydrogen-bond acceptors (Lipinski definition) is 2. The molecule has 1 amide bonds. The Morgan fingerprint density at radius 3 is 2.78 bits per heavy atom. The number of nitrogens with one attached hydrogen (secondary N) is 1. The molecule has 1 atom stereocenters. The van der Waals surface area contributed by atoms with E-state index in [9.17, 15) is 4.79 Å². The molecule has 0 aliphatic heterocycles. The molecule has 0 bridgehead atoms. The molecule has 2 rings (SSSR count). The van der Waals surface area contributed by atoms with Crippen LogP contribution in [0.5, 0.6) is 0 Å². The van der Waals surface area contributed by atoms with Crippen LogP contribution in [0.2, 0.25) is 0 Å². The summed E-state index contributed by atoms with van der Waals surface area (Å²) in [6.07, 6.45) is 7.41. The number of aromatic nitrogens is 2. The van der Waals surface area contributed by atoms with Crippen molar-refractivity contribution in [3.05, 3.63) is 54.1 Å². The Kier molecular flexibility index (Phi) is 6.85. The standard InChI is InChI=1S/C19H27N3O/c1-16(9-10-18-7-4-3-5-8-18)15-19(23)21-11-6-13-22-14-12-20-17(22)2/h3-5,7-8,12,14,16H,6,9-11,13,15H2,1-2H3,(H,21,23)/t16-/m1/s1. The summed E-state index contributed by atoms with van der Waals surface area (Å²) in [6, 6.07) is 10.4. The first-order valence-electron chi connectivity index (χ1n) is 8.43. The third-order valence-corrected chi connectivity index (χ3v) is 4.12. The minimum Gasteiger partial charge on any atom is -0.356 e. The Hall–Kier alpha value is -2.10. The van der Waals surface area contributed by atoms with Gasteiger partial charge in [0.15, 0.2) is 0 Å². The van der Waals surface area contributed by atoms with Gasteiger partial charge in [-0.1, -0.05) is 37.3 Å². The van der Waals surface area contributed by atoms with Crippen LogP contribution in [0.1, 0.15) is 37.6 Å². The lowest BCUT2D eigenvalue weighted by molar-refractivity contribution is -0.121. The van der Waals surface area contributed by atoms with Gasteiger partial charge in [0.1, 0.15) is 5.82 Å². The van der Waals surface area contributed by atoms with E-state index in [1.807, 2.05) is 25.4 Å². The van der Waals surface area contributed by atoms with Gasteiger partial charge in [0.25, 0.3) is 0 Å². The average molecular weight is 313 g/mol. The van der Waals surface area contributed by atoms with Crippen molar-refractivity contribution in [2.75, 3.05) is 6.54 Å². The van der Waals surface area contributed by atoms with Crippen molar-refractivity contribution in [3.8, 4) is 0 Å². The van der Waals surface area contributed by atoms with E-state index < -0.39 is 0 Å². The quantitative estimate of drug-likeness (QED) is 0.722. The topological polar surface area (TPSA) is 46.9 Å². The van der Waals surface area contributed by atoms with E-state index in [2.05, 4.69) is 46.1 Å². The van der Waals surface area contributed by atoms with Crippen molar-refractivity contribution < 1.29 is 4.79 Å². The fraction of sp³-hybridized carbons (Fsp3) is 0.474. The molecule has 1 N–H and O–H groups in total. The molecule has 1 heterocycles. The number of hydrogen-bond donors (Lipinski definition) is 1. The SMILES string of the molecule is Cc1nccn1CCCNC(=O)C[C@H](C)CCc1ccccc1. The number of rotatable bonds is 9. The Balaban J connectivity index is 1.58. The van der Waals surface area contributed by atoms with Crippen LogP contribution in [-0.4, -0.2) is 22.0 Å². The molecular formula is C19H27N3O. The first-order valence-corrected chi connectivity index (χ1v) is 8.43. The highest BCUT2D eigenvalue weighted by atomic mass is 16.1. The molecule has 0 fully saturated rings. The van der Waals surface area contributed by atoms with E-state index in [0.29, 0.717) is 12.3 Å². The summed E-state index contributed by atoms with van der Waals surface area (Å²) in [5, 5.41) is 3.02. The molecule has 0 unspecified atom stereocenters. The molecule has 0 saturated heterocycles. The minimum atomic E-state index is 0.160. The van der Waals surface area contributed by atoms with Crippen LogP contribution in [0.15, 0.2) is 42.7 Å². The maximum absolute atomic E-state index is 12.0. The second kappa shape index (κ2) is 9.13. The third-order valence-electron chi connectivity index (χ3n) is 4.12. The summed E-state index contributed by atoms with van der Waals surface area (Å²) in [5.74, 6) is 1.59. The molecular weight excluding hydrogens is 286 g/mol. The predicted molar refractivity (Wildman–Crippen MR) is 93.1 cm³/mol. The average Bonchev–Trinajstić information content (AvgIpc) is 2.96.